The van der Waals surface area contributed by atoms with Gasteiger partial charge in [0.15, 0.2) is 0 Å². The van der Waals surface area contributed by atoms with Crippen LogP contribution in [0.4, 0.5) is 0 Å². The lowest BCUT2D eigenvalue weighted by molar-refractivity contribution is 0.0542. The van der Waals surface area contributed by atoms with Crippen LogP contribution in [0.5, 0.6) is 0 Å². The molecule has 0 aliphatic heterocycles. The summed E-state index contributed by atoms with van der Waals surface area (Å²) in [4.78, 5) is 0. The van der Waals surface area contributed by atoms with E-state index in [-0.39, 0.29) is 5.54 Å². The van der Waals surface area contributed by atoms with Crippen LogP contribution in [0.15, 0.2) is 43.0 Å². The molecule has 0 aliphatic rings. The highest BCUT2D eigenvalue weighted by Gasteiger charge is 2.49. The molecule has 1 atom stereocenters. The van der Waals surface area contributed by atoms with Crippen molar-refractivity contribution < 1.29 is 13.3 Å². The SMILES string of the molecule is C=CC(c1ccccc1)[Si](OCCC)(OCCC)OCCC. The molecule has 0 radical (unpaired) electrons. The first-order chi connectivity index (χ1) is 10.7. The Bertz CT molecular complexity index is 386. The highest BCUT2D eigenvalue weighted by molar-refractivity contribution is 6.63. The van der Waals surface area contributed by atoms with Crippen LogP contribution < -0.4 is 0 Å². The first kappa shape index (κ1) is 19.1. The molecule has 0 aromatic heterocycles. The fourth-order valence-corrected chi connectivity index (χ4v) is 5.42. The largest absolute Gasteiger partial charge is 0.512 e. The van der Waals surface area contributed by atoms with Crippen molar-refractivity contribution in [3.8, 4) is 0 Å². The number of hydrogen-bond donors (Lipinski definition) is 0. The van der Waals surface area contributed by atoms with E-state index in [1.54, 1.807) is 0 Å². The molecule has 0 N–H and O–H groups in total. The van der Waals surface area contributed by atoms with Crippen LogP contribution in [0, 0.1) is 0 Å². The van der Waals surface area contributed by atoms with E-state index in [9.17, 15) is 0 Å². The van der Waals surface area contributed by atoms with Gasteiger partial charge in [-0.05, 0) is 24.8 Å². The van der Waals surface area contributed by atoms with Gasteiger partial charge in [0.2, 0.25) is 0 Å². The van der Waals surface area contributed by atoms with Crippen LogP contribution in [-0.2, 0) is 13.3 Å². The van der Waals surface area contributed by atoms with Crippen molar-refractivity contribution in [2.75, 3.05) is 19.8 Å². The summed E-state index contributed by atoms with van der Waals surface area (Å²) in [6, 6.07) is 10.3. The second-order valence-corrected chi connectivity index (χ2v) is 7.97. The van der Waals surface area contributed by atoms with Gasteiger partial charge in [0.25, 0.3) is 0 Å². The van der Waals surface area contributed by atoms with Crippen molar-refractivity contribution in [3.05, 3.63) is 48.6 Å². The molecule has 0 saturated carbocycles. The van der Waals surface area contributed by atoms with E-state index in [4.69, 9.17) is 13.3 Å². The predicted octanol–water partition coefficient (Wildman–Crippen LogP) is 4.71. The number of hydrogen-bond acceptors (Lipinski definition) is 3. The normalized spacial score (nSPS) is 13.0. The average Bonchev–Trinajstić information content (AvgIpc) is 2.57. The minimum atomic E-state index is -2.85. The van der Waals surface area contributed by atoms with Gasteiger partial charge < -0.3 is 13.3 Å². The molecule has 0 heterocycles. The Balaban J connectivity index is 3.12. The van der Waals surface area contributed by atoms with E-state index in [1.165, 1.54) is 0 Å². The summed E-state index contributed by atoms with van der Waals surface area (Å²) in [5.41, 5.74) is 1.12. The van der Waals surface area contributed by atoms with Crippen molar-refractivity contribution >= 4 is 8.80 Å². The molecule has 0 fully saturated rings. The highest BCUT2D eigenvalue weighted by atomic mass is 28.4. The predicted molar refractivity (Wildman–Crippen MR) is 93.9 cm³/mol. The second-order valence-electron chi connectivity index (χ2n) is 5.27. The third-order valence-corrected chi connectivity index (χ3v) is 6.45. The van der Waals surface area contributed by atoms with E-state index in [0.29, 0.717) is 19.8 Å². The molecule has 0 amide bonds. The molecule has 0 bridgehead atoms. The zero-order valence-electron chi connectivity index (χ0n) is 14.2. The topological polar surface area (TPSA) is 27.7 Å². The van der Waals surface area contributed by atoms with E-state index >= 15 is 0 Å². The Labute approximate surface area is 136 Å². The van der Waals surface area contributed by atoms with Crippen LogP contribution >= 0.6 is 0 Å². The average molecular weight is 323 g/mol. The number of allylic oxidation sites excluding steroid dienone is 1. The van der Waals surface area contributed by atoms with E-state index < -0.39 is 8.80 Å². The monoisotopic (exact) mass is 322 g/mol. The Morgan fingerprint density at radius 1 is 0.909 bits per heavy atom. The maximum absolute atomic E-state index is 6.21. The lowest BCUT2D eigenvalue weighted by atomic mass is 10.1. The fraction of sp³-hybridized carbons (Fsp3) is 0.556. The van der Waals surface area contributed by atoms with E-state index in [2.05, 4.69) is 39.5 Å². The molecule has 0 aliphatic carbocycles. The number of rotatable bonds is 12. The van der Waals surface area contributed by atoms with Gasteiger partial charge in [-0.15, -0.1) is 6.58 Å². The highest BCUT2D eigenvalue weighted by Crippen LogP contribution is 2.31. The lowest BCUT2D eigenvalue weighted by Gasteiger charge is -2.34. The quantitative estimate of drug-likeness (QED) is 0.412. The maximum Gasteiger partial charge on any atom is 0.512 e. The van der Waals surface area contributed by atoms with Gasteiger partial charge in [-0.3, -0.25) is 0 Å². The van der Waals surface area contributed by atoms with Gasteiger partial charge in [0.05, 0.1) is 5.54 Å². The molecule has 1 rings (SSSR count). The Kier molecular flexibility index (Phi) is 9.32. The van der Waals surface area contributed by atoms with Crippen LogP contribution in [0.25, 0.3) is 0 Å². The molecule has 1 unspecified atom stereocenters. The minimum Gasteiger partial charge on any atom is -0.373 e. The Morgan fingerprint density at radius 3 is 1.73 bits per heavy atom. The molecule has 1 aromatic carbocycles. The summed E-state index contributed by atoms with van der Waals surface area (Å²) < 4.78 is 18.6. The molecule has 4 heteroatoms. The van der Waals surface area contributed by atoms with Gasteiger partial charge in [-0.25, -0.2) is 0 Å². The summed E-state index contributed by atoms with van der Waals surface area (Å²) in [6.07, 6.45) is 4.75. The van der Waals surface area contributed by atoms with Crippen molar-refractivity contribution in [2.24, 2.45) is 0 Å². The molecule has 0 spiro atoms. The van der Waals surface area contributed by atoms with Crippen molar-refractivity contribution in [3.63, 3.8) is 0 Å². The molecule has 124 valence electrons. The van der Waals surface area contributed by atoms with Gasteiger partial charge in [-0.1, -0.05) is 57.2 Å². The van der Waals surface area contributed by atoms with Crippen molar-refractivity contribution in [1.29, 1.82) is 0 Å². The van der Waals surface area contributed by atoms with Gasteiger partial charge in [-0.2, -0.15) is 0 Å². The first-order valence-corrected chi connectivity index (χ1v) is 10.1. The van der Waals surface area contributed by atoms with Gasteiger partial charge in [0.1, 0.15) is 0 Å². The summed E-state index contributed by atoms with van der Waals surface area (Å²) in [5.74, 6) is 0. The molecule has 0 saturated heterocycles. The summed E-state index contributed by atoms with van der Waals surface area (Å²) in [6.45, 7) is 12.3. The fourth-order valence-electron chi connectivity index (χ4n) is 2.27. The Hall–Kier alpha value is -0.943. The molecule has 22 heavy (non-hydrogen) atoms. The van der Waals surface area contributed by atoms with Crippen molar-refractivity contribution in [1.82, 2.24) is 0 Å². The third-order valence-electron chi connectivity index (χ3n) is 3.30. The summed E-state index contributed by atoms with van der Waals surface area (Å²) in [5, 5.41) is 0. The molecule has 1 aromatic rings. The lowest BCUT2D eigenvalue weighted by Crippen LogP contribution is -2.52. The first-order valence-electron chi connectivity index (χ1n) is 8.33. The minimum absolute atomic E-state index is 0.0293. The van der Waals surface area contributed by atoms with Gasteiger partial charge in [0, 0.05) is 19.8 Å². The van der Waals surface area contributed by atoms with Crippen molar-refractivity contribution in [2.45, 2.75) is 45.6 Å². The maximum atomic E-state index is 6.21. The Morgan fingerprint density at radius 2 is 1.36 bits per heavy atom. The van der Waals surface area contributed by atoms with Crippen LogP contribution in [0.2, 0.25) is 0 Å². The summed E-state index contributed by atoms with van der Waals surface area (Å²) >= 11 is 0. The second kappa shape index (κ2) is 10.7. The summed E-state index contributed by atoms with van der Waals surface area (Å²) in [7, 11) is -2.85. The number of benzene rings is 1. The van der Waals surface area contributed by atoms with Crippen LogP contribution in [-0.4, -0.2) is 28.6 Å². The van der Waals surface area contributed by atoms with Gasteiger partial charge >= 0.3 is 8.80 Å². The molecular formula is C18H30O3Si. The molecule has 3 nitrogen and oxygen atoms in total. The standard InChI is InChI=1S/C18H30O3Si/c1-5-14-19-22(20-15-6-2,21-16-7-3)18(8-4)17-12-10-9-11-13-17/h8-13,18H,4-7,14-16H2,1-3H3. The van der Waals surface area contributed by atoms with E-state index in [0.717, 1.165) is 24.8 Å². The van der Waals surface area contributed by atoms with Crippen LogP contribution in [0.3, 0.4) is 0 Å². The smallest absolute Gasteiger partial charge is 0.373 e. The zero-order chi connectivity index (χ0) is 16.3. The van der Waals surface area contributed by atoms with E-state index in [1.807, 2.05) is 24.3 Å². The molecular weight excluding hydrogens is 292 g/mol. The van der Waals surface area contributed by atoms with Crippen LogP contribution in [0.1, 0.15) is 51.1 Å². The third kappa shape index (κ3) is 5.36. The zero-order valence-corrected chi connectivity index (χ0v) is 15.2.